The first-order chi connectivity index (χ1) is 13.0. The van der Waals surface area contributed by atoms with E-state index in [0.717, 1.165) is 35.6 Å². The Morgan fingerprint density at radius 3 is 2.39 bits per heavy atom. The monoisotopic (exact) mass is 433 g/mol. The van der Waals surface area contributed by atoms with Gasteiger partial charge in [0.25, 0.3) is 0 Å². The second kappa shape index (κ2) is 7.30. The van der Waals surface area contributed by atoms with Gasteiger partial charge in [-0.1, -0.05) is 30.4 Å². The second-order valence-corrected chi connectivity index (χ2v) is 8.84. The van der Waals surface area contributed by atoms with E-state index in [2.05, 4.69) is 4.98 Å². The van der Waals surface area contributed by atoms with Crippen LogP contribution in [0.25, 0.3) is 10.2 Å². The fraction of sp³-hybridized carbons (Fsp3) is 0.235. The Bertz CT molecular complexity index is 1100. The van der Waals surface area contributed by atoms with E-state index in [1.807, 2.05) is 0 Å². The number of alkyl halides is 3. The Kier molecular flexibility index (Phi) is 5.34. The minimum Gasteiger partial charge on any atom is -0.375 e. The third-order valence-electron chi connectivity index (χ3n) is 4.08. The average Bonchev–Trinajstić information content (AvgIpc) is 2.98. The topological polar surface area (TPSA) is 76.3 Å². The zero-order valence-electron chi connectivity index (χ0n) is 14.4. The molecular weight excluding hydrogens is 418 g/mol. The number of nitrogens with two attached hydrogens (primary N) is 1. The lowest BCUT2D eigenvalue weighted by Crippen LogP contribution is -2.42. The number of benzene rings is 2. The molecule has 0 spiro atoms. The van der Waals surface area contributed by atoms with E-state index in [4.69, 9.17) is 5.73 Å². The first-order valence-corrected chi connectivity index (χ1v) is 10.3. The van der Waals surface area contributed by atoms with Crippen molar-refractivity contribution >= 4 is 36.7 Å². The number of rotatable bonds is 5. The molecule has 3 rings (SSSR count). The van der Waals surface area contributed by atoms with Gasteiger partial charge in [-0.05, 0) is 35.9 Å². The van der Waals surface area contributed by atoms with Crippen LogP contribution in [0.4, 0.5) is 22.7 Å². The predicted molar refractivity (Wildman–Crippen MR) is 98.8 cm³/mol. The van der Waals surface area contributed by atoms with E-state index >= 15 is 0 Å². The molecule has 0 bridgehead atoms. The number of sulfonamides is 1. The SMILES string of the molecule is CCN(C(c1ccc(F)cc1)C(F)(F)F)S(=O)(=O)c1ccc2sc(N)nc2c1. The number of halogens is 4. The number of anilines is 1. The molecule has 150 valence electrons. The van der Waals surface area contributed by atoms with Gasteiger partial charge in [0.15, 0.2) is 5.13 Å². The van der Waals surface area contributed by atoms with Gasteiger partial charge in [0.1, 0.15) is 11.9 Å². The molecule has 3 aromatic rings. The maximum atomic E-state index is 13.8. The molecule has 2 aromatic carbocycles. The van der Waals surface area contributed by atoms with Crippen LogP contribution in [0.1, 0.15) is 18.5 Å². The molecule has 0 fully saturated rings. The summed E-state index contributed by atoms with van der Waals surface area (Å²) in [5.41, 5.74) is 5.50. The van der Waals surface area contributed by atoms with Gasteiger partial charge in [-0.3, -0.25) is 0 Å². The summed E-state index contributed by atoms with van der Waals surface area (Å²) < 4.78 is 81.6. The molecule has 0 aliphatic rings. The molecule has 0 aliphatic carbocycles. The van der Waals surface area contributed by atoms with Crippen LogP contribution >= 0.6 is 11.3 Å². The average molecular weight is 433 g/mol. The van der Waals surface area contributed by atoms with E-state index in [0.29, 0.717) is 9.01 Å². The summed E-state index contributed by atoms with van der Waals surface area (Å²) in [5.74, 6) is -0.720. The van der Waals surface area contributed by atoms with Crippen LogP contribution in [-0.2, 0) is 10.0 Å². The third-order valence-corrected chi connectivity index (χ3v) is 6.88. The van der Waals surface area contributed by atoms with Crippen LogP contribution < -0.4 is 5.73 Å². The minimum atomic E-state index is -4.91. The molecule has 0 radical (unpaired) electrons. The quantitative estimate of drug-likeness (QED) is 0.608. The highest BCUT2D eigenvalue weighted by molar-refractivity contribution is 7.89. The minimum absolute atomic E-state index is 0.219. The first kappa shape index (κ1) is 20.5. The lowest BCUT2D eigenvalue weighted by molar-refractivity contribution is -0.173. The summed E-state index contributed by atoms with van der Waals surface area (Å²) in [7, 11) is -4.53. The van der Waals surface area contributed by atoms with Crippen molar-refractivity contribution in [3.8, 4) is 0 Å². The fourth-order valence-corrected chi connectivity index (χ4v) is 5.22. The van der Waals surface area contributed by atoms with Gasteiger partial charge >= 0.3 is 6.18 Å². The number of nitrogens with zero attached hydrogens (tertiary/aromatic N) is 2. The smallest absolute Gasteiger partial charge is 0.375 e. The van der Waals surface area contributed by atoms with Crippen molar-refractivity contribution in [2.75, 3.05) is 12.3 Å². The maximum absolute atomic E-state index is 13.8. The zero-order chi connectivity index (χ0) is 20.7. The predicted octanol–water partition coefficient (Wildman–Crippen LogP) is 4.33. The van der Waals surface area contributed by atoms with Gasteiger partial charge < -0.3 is 5.73 Å². The second-order valence-electron chi connectivity index (χ2n) is 5.89. The zero-order valence-corrected chi connectivity index (χ0v) is 16.1. The van der Waals surface area contributed by atoms with E-state index < -0.39 is 34.6 Å². The molecule has 1 unspecified atom stereocenters. The number of aromatic nitrogens is 1. The molecule has 0 saturated heterocycles. The fourth-order valence-electron chi connectivity index (χ4n) is 2.88. The molecule has 28 heavy (non-hydrogen) atoms. The van der Waals surface area contributed by atoms with Crippen molar-refractivity contribution in [1.29, 1.82) is 0 Å². The Hall–Kier alpha value is -2.24. The molecule has 11 heteroatoms. The molecule has 1 heterocycles. The highest BCUT2D eigenvalue weighted by Gasteiger charge is 2.48. The highest BCUT2D eigenvalue weighted by Crippen LogP contribution is 2.41. The molecular formula is C17H15F4N3O2S2. The lowest BCUT2D eigenvalue weighted by atomic mass is 10.1. The van der Waals surface area contributed by atoms with Gasteiger partial charge in [-0.2, -0.15) is 17.5 Å². The van der Waals surface area contributed by atoms with Gasteiger partial charge in [0, 0.05) is 6.54 Å². The van der Waals surface area contributed by atoms with Gasteiger partial charge in [0.05, 0.1) is 15.1 Å². The standard InChI is InChI=1S/C17H15F4N3O2S2/c1-2-24(15(17(19,20)21)10-3-5-11(18)6-4-10)28(25,26)12-7-8-14-13(9-12)23-16(22)27-14/h3-9,15H,2H2,1H3,(H2,22,23). The van der Waals surface area contributed by atoms with Crippen LogP contribution in [0.3, 0.4) is 0 Å². The maximum Gasteiger partial charge on any atom is 0.409 e. The van der Waals surface area contributed by atoms with Crippen molar-refractivity contribution in [2.24, 2.45) is 0 Å². The van der Waals surface area contributed by atoms with Crippen LogP contribution in [-0.4, -0.2) is 30.4 Å². The van der Waals surface area contributed by atoms with Crippen molar-refractivity contribution < 1.29 is 26.0 Å². The number of thiazole rings is 1. The molecule has 0 aliphatic heterocycles. The van der Waals surface area contributed by atoms with Crippen LogP contribution in [0, 0.1) is 5.82 Å². The molecule has 1 atom stereocenters. The van der Waals surface area contributed by atoms with E-state index in [1.165, 1.54) is 25.1 Å². The number of hydrogen-bond acceptors (Lipinski definition) is 5. The summed E-state index contributed by atoms with van der Waals surface area (Å²) in [5, 5.41) is 0.219. The van der Waals surface area contributed by atoms with Crippen LogP contribution in [0.15, 0.2) is 47.4 Å². The third kappa shape index (κ3) is 3.82. The summed E-state index contributed by atoms with van der Waals surface area (Å²) >= 11 is 1.14. The summed E-state index contributed by atoms with van der Waals surface area (Å²) in [4.78, 5) is 3.65. The largest absolute Gasteiger partial charge is 0.409 e. The summed E-state index contributed by atoms with van der Waals surface area (Å²) in [6.07, 6.45) is -4.91. The highest BCUT2D eigenvalue weighted by atomic mass is 32.2. The van der Waals surface area contributed by atoms with E-state index in [9.17, 15) is 26.0 Å². The Morgan fingerprint density at radius 1 is 1.18 bits per heavy atom. The summed E-state index contributed by atoms with van der Waals surface area (Å²) in [6, 6.07) is 4.97. The van der Waals surface area contributed by atoms with Crippen molar-refractivity contribution in [2.45, 2.75) is 24.0 Å². The van der Waals surface area contributed by atoms with Gasteiger partial charge in [0.2, 0.25) is 10.0 Å². The Labute approximate surface area is 162 Å². The molecule has 0 saturated carbocycles. The van der Waals surface area contributed by atoms with Crippen molar-refractivity contribution in [3.05, 3.63) is 53.8 Å². The molecule has 1 aromatic heterocycles. The van der Waals surface area contributed by atoms with Crippen LogP contribution in [0.5, 0.6) is 0 Å². The Balaban J connectivity index is 2.12. The van der Waals surface area contributed by atoms with Crippen molar-refractivity contribution in [1.82, 2.24) is 9.29 Å². The summed E-state index contributed by atoms with van der Waals surface area (Å²) in [6.45, 7) is 0.861. The lowest BCUT2D eigenvalue weighted by Gasteiger charge is -2.31. The Morgan fingerprint density at radius 2 is 1.82 bits per heavy atom. The molecule has 5 nitrogen and oxygen atoms in total. The normalized spacial score (nSPS) is 13.9. The van der Waals surface area contributed by atoms with E-state index in [1.54, 1.807) is 0 Å². The molecule has 2 N–H and O–H groups in total. The molecule has 0 amide bonds. The van der Waals surface area contributed by atoms with Gasteiger partial charge in [-0.15, -0.1) is 0 Å². The van der Waals surface area contributed by atoms with Gasteiger partial charge in [-0.25, -0.2) is 17.8 Å². The van der Waals surface area contributed by atoms with E-state index in [-0.39, 0.29) is 21.1 Å². The van der Waals surface area contributed by atoms with Crippen molar-refractivity contribution in [3.63, 3.8) is 0 Å². The first-order valence-electron chi connectivity index (χ1n) is 8.04. The number of fused-ring (bicyclic) bond motifs is 1. The number of hydrogen-bond donors (Lipinski definition) is 1. The van der Waals surface area contributed by atoms with Crippen LogP contribution in [0.2, 0.25) is 0 Å². The number of nitrogen functional groups attached to an aromatic ring is 1.